The third kappa shape index (κ3) is 3.25. The summed E-state index contributed by atoms with van der Waals surface area (Å²) in [6, 6.07) is 13.8. The van der Waals surface area contributed by atoms with Gasteiger partial charge in [0.1, 0.15) is 17.9 Å². The summed E-state index contributed by atoms with van der Waals surface area (Å²) in [4.78, 5) is 12.6. The highest BCUT2D eigenvalue weighted by molar-refractivity contribution is 6.30. The average molecular weight is 370 g/mol. The number of rotatable bonds is 5. The minimum atomic E-state index is -0.348. The number of amides is 1. The molecule has 8 heteroatoms. The lowest BCUT2D eigenvalue weighted by molar-refractivity contribution is 0.102. The molecule has 0 bridgehead atoms. The van der Waals surface area contributed by atoms with E-state index in [1.54, 1.807) is 48.5 Å². The van der Waals surface area contributed by atoms with Gasteiger partial charge in [0.25, 0.3) is 5.91 Å². The van der Waals surface area contributed by atoms with Gasteiger partial charge in [0.15, 0.2) is 11.3 Å². The van der Waals surface area contributed by atoms with E-state index < -0.39 is 0 Å². The fourth-order valence-corrected chi connectivity index (χ4v) is 2.64. The molecule has 0 atom stereocenters. The Morgan fingerprint density at radius 2 is 2.04 bits per heavy atom. The van der Waals surface area contributed by atoms with Crippen molar-refractivity contribution in [1.82, 2.24) is 10.3 Å². The first-order valence-corrected chi connectivity index (χ1v) is 8.06. The van der Waals surface area contributed by atoms with Crippen molar-refractivity contribution in [2.75, 3.05) is 5.32 Å². The van der Waals surface area contributed by atoms with Crippen LogP contribution >= 0.6 is 11.6 Å². The maximum Gasteiger partial charge on any atom is 0.259 e. The maximum absolute atomic E-state index is 12.6. The van der Waals surface area contributed by atoms with Crippen LogP contribution in [0.2, 0.25) is 5.02 Å². The highest BCUT2D eigenvalue weighted by Crippen LogP contribution is 2.23. The molecule has 2 heterocycles. The Kier molecular flexibility index (Phi) is 4.28. The Morgan fingerprint density at radius 3 is 2.92 bits per heavy atom. The molecule has 1 amide bonds. The molecule has 0 aliphatic carbocycles. The van der Waals surface area contributed by atoms with Crippen LogP contribution in [0.1, 0.15) is 16.1 Å². The fourth-order valence-electron chi connectivity index (χ4n) is 2.46. The molecular formula is C18H12ClN3O4. The molecule has 26 heavy (non-hydrogen) atoms. The van der Waals surface area contributed by atoms with Gasteiger partial charge < -0.3 is 14.5 Å². The summed E-state index contributed by atoms with van der Waals surface area (Å²) in [5.74, 6) is 0.630. The zero-order valence-electron chi connectivity index (χ0n) is 13.3. The lowest BCUT2D eigenvalue weighted by Crippen LogP contribution is -2.14. The van der Waals surface area contributed by atoms with Crippen LogP contribution in [0.4, 0.5) is 5.69 Å². The smallest absolute Gasteiger partial charge is 0.259 e. The Bertz CT molecular complexity index is 1070. The maximum atomic E-state index is 12.6. The normalized spacial score (nSPS) is 10.8. The summed E-state index contributed by atoms with van der Waals surface area (Å²) < 4.78 is 15.7. The van der Waals surface area contributed by atoms with Crippen LogP contribution in [-0.4, -0.2) is 16.2 Å². The van der Waals surface area contributed by atoms with Crippen molar-refractivity contribution in [2.24, 2.45) is 0 Å². The van der Waals surface area contributed by atoms with E-state index in [1.807, 2.05) is 0 Å². The third-order valence-electron chi connectivity index (χ3n) is 3.69. The minimum Gasteiger partial charge on any atom is -0.486 e. The van der Waals surface area contributed by atoms with E-state index in [1.165, 1.54) is 6.26 Å². The summed E-state index contributed by atoms with van der Waals surface area (Å²) in [6.07, 6.45) is 1.43. The molecule has 4 aromatic rings. The summed E-state index contributed by atoms with van der Waals surface area (Å²) in [6.45, 7) is 0.0891. The molecule has 0 aliphatic rings. The van der Waals surface area contributed by atoms with Gasteiger partial charge in [-0.25, -0.2) is 4.63 Å². The number of ether oxygens (including phenoxy) is 1. The highest BCUT2D eigenvalue weighted by atomic mass is 35.5. The van der Waals surface area contributed by atoms with E-state index in [4.69, 9.17) is 25.4 Å². The highest BCUT2D eigenvalue weighted by Gasteiger charge is 2.17. The van der Waals surface area contributed by atoms with Crippen molar-refractivity contribution < 1.29 is 18.6 Å². The van der Waals surface area contributed by atoms with Crippen LogP contribution in [0.3, 0.4) is 0 Å². The molecule has 130 valence electrons. The van der Waals surface area contributed by atoms with Crippen LogP contribution in [0, 0.1) is 0 Å². The quantitative estimate of drug-likeness (QED) is 0.564. The molecule has 0 saturated carbocycles. The van der Waals surface area contributed by atoms with Gasteiger partial charge in [-0.15, -0.1) is 0 Å². The van der Waals surface area contributed by atoms with Crippen molar-refractivity contribution in [3.63, 3.8) is 0 Å². The number of hydrogen-bond acceptors (Lipinski definition) is 6. The number of aromatic nitrogens is 2. The molecule has 2 aromatic carbocycles. The zero-order chi connectivity index (χ0) is 17.9. The number of furan rings is 1. The largest absolute Gasteiger partial charge is 0.486 e. The van der Waals surface area contributed by atoms with Gasteiger partial charge in [-0.2, -0.15) is 0 Å². The molecule has 0 spiro atoms. The number of carbonyl (C=O) groups excluding carboxylic acids is 1. The summed E-state index contributed by atoms with van der Waals surface area (Å²) >= 11 is 5.93. The summed E-state index contributed by atoms with van der Waals surface area (Å²) in [5.41, 5.74) is 1.89. The molecule has 1 N–H and O–H groups in total. The molecule has 0 radical (unpaired) electrons. The summed E-state index contributed by atoms with van der Waals surface area (Å²) in [7, 11) is 0. The van der Waals surface area contributed by atoms with Gasteiger partial charge in [0, 0.05) is 5.02 Å². The lowest BCUT2D eigenvalue weighted by Gasteiger charge is -2.07. The standard InChI is InChI=1S/C18H12ClN3O4/c19-11-3-1-4-12(9-11)25-10-16-13(7-8-24-16)18(23)20-14-5-2-6-15-17(14)22-26-21-15/h1-9H,10H2,(H,20,23). The fraction of sp³-hybridized carbons (Fsp3) is 0.0556. The van der Waals surface area contributed by atoms with Crippen molar-refractivity contribution in [3.8, 4) is 5.75 Å². The molecule has 0 aliphatic heterocycles. The van der Waals surface area contributed by atoms with Gasteiger partial charge >= 0.3 is 0 Å². The van der Waals surface area contributed by atoms with Gasteiger partial charge in [0.2, 0.25) is 0 Å². The number of fused-ring (bicyclic) bond motifs is 1. The number of nitrogens with one attached hydrogen (secondary N) is 1. The van der Waals surface area contributed by atoms with E-state index in [0.29, 0.717) is 38.8 Å². The molecule has 0 saturated heterocycles. The van der Waals surface area contributed by atoms with Crippen LogP contribution in [-0.2, 0) is 6.61 Å². The first kappa shape index (κ1) is 16.2. The number of hydrogen-bond donors (Lipinski definition) is 1. The van der Waals surface area contributed by atoms with E-state index in [9.17, 15) is 4.79 Å². The molecular weight excluding hydrogens is 358 g/mol. The van der Waals surface area contributed by atoms with Crippen LogP contribution in [0.15, 0.2) is 63.8 Å². The van der Waals surface area contributed by atoms with Gasteiger partial charge in [-0.05, 0) is 46.7 Å². The zero-order valence-corrected chi connectivity index (χ0v) is 14.1. The van der Waals surface area contributed by atoms with Crippen LogP contribution in [0.25, 0.3) is 11.0 Å². The molecule has 2 aromatic heterocycles. The first-order valence-electron chi connectivity index (χ1n) is 7.68. The van der Waals surface area contributed by atoms with E-state index in [2.05, 4.69) is 15.6 Å². The van der Waals surface area contributed by atoms with Gasteiger partial charge in [-0.1, -0.05) is 23.7 Å². The SMILES string of the molecule is O=C(Nc1cccc2nonc12)c1ccoc1COc1cccc(Cl)c1. The number of carbonyl (C=O) groups is 1. The van der Waals surface area contributed by atoms with Gasteiger partial charge in [0.05, 0.1) is 17.5 Å². The van der Waals surface area contributed by atoms with Crippen molar-refractivity contribution in [2.45, 2.75) is 6.61 Å². The predicted molar refractivity (Wildman–Crippen MR) is 94.2 cm³/mol. The second-order valence-electron chi connectivity index (χ2n) is 5.40. The minimum absolute atomic E-state index is 0.0891. The number of benzene rings is 2. The topological polar surface area (TPSA) is 90.4 Å². The Labute approximate surface area is 152 Å². The third-order valence-corrected chi connectivity index (χ3v) is 3.93. The summed E-state index contributed by atoms with van der Waals surface area (Å²) in [5, 5.41) is 10.9. The Hall–Kier alpha value is -3.32. The average Bonchev–Trinajstić information content (AvgIpc) is 3.29. The second-order valence-corrected chi connectivity index (χ2v) is 5.83. The van der Waals surface area contributed by atoms with Gasteiger partial charge in [-0.3, -0.25) is 4.79 Å². The Balaban J connectivity index is 1.51. The van der Waals surface area contributed by atoms with Crippen molar-refractivity contribution in [1.29, 1.82) is 0 Å². The lowest BCUT2D eigenvalue weighted by atomic mass is 10.2. The van der Waals surface area contributed by atoms with E-state index >= 15 is 0 Å². The van der Waals surface area contributed by atoms with Crippen LogP contribution in [0.5, 0.6) is 5.75 Å². The van der Waals surface area contributed by atoms with E-state index in [-0.39, 0.29) is 12.5 Å². The van der Waals surface area contributed by atoms with Crippen molar-refractivity contribution >= 4 is 34.2 Å². The number of halogens is 1. The van der Waals surface area contributed by atoms with Crippen molar-refractivity contribution in [3.05, 3.63) is 71.1 Å². The van der Waals surface area contributed by atoms with Crippen LogP contribution < -0.4 is 10.1 Å². The Morgan fingerprint density at radius 1 is 1.15 bits per heavy atom. The molecule has 7 nitrogen and oxygen atoms in total. The number of nitrogens with zero attached hydrogens (tertiary/aromatic N) is 2. The monoisotopic (exact) mass is 369 g/mol. The predicted octanol–water partition coefficient (Wildman–Crippen LogP) is 4.30. The molecule has 0 unspecified atom stereocenters. The molecule has 0 fully saturated rings. The molecule has 4 rings (SSSR count). The number of anilines is 1. The second kappa shape index (κ2) is 6.89. The first-order chi connectivity index (χ1) is 12.7. The van der Waals surface area contributed by atoms with E-state index in [0.717, 1.165) is 0 Å².